The smallest absolute Gasteiger partial charge is 0.202 e. The van der Waals surface area contributed by atoms with Crippen molar-refractivity contribution in [1.82, 2.24) is 0 Å². The van der Waals surface area contributed by atoms with E-state index < -0.39 is 6.10 Å². The van der Waals surface area contributed by atoms with Crippen LogP contribution in [0, 0.1) is 13.8 Å². The van der Waals surface area contributed by atoms with Crippen LogP contribution < -0.4 is 4.74 Å². The van der Waals surface area contributed by atoms with Gasteiger partial charge in [-0.1, -0.05) is 42.5 Å². The van der Waals surface area contributed by atoms with Gasteiger partial charge >= 0.3 is 0 Å². The van der Waals surface area contributed by atoms with E-state index in [9.17, 15) is 4.79 Å². The molecule has 1 unspecified atom stereocenters. The summed E-state index contributed by atoms with van der Waals surface area (Å²) in [5, 5.41) is 0. The average molecular weight is 254 g/mol. The third kappa shape index (κ3) is 3.02. The molecule has 0 aliphatic rings. The Morgan fingerprint density at radius 3 is 2.37 bits per heavy atom. The summed E-state index contributed by atoms with van der Waals surface area (Å²) in [6.45, 7) is 5.83. The normalized spacial score (nSPS) is 11.9. The first-order valence-corrected chi connectivity index (χ1v) is 6.41. The molecule has 0 aliphatic heterocycles. The van der Waals surface area contributed by atoms with Crippen molar-refractivity contribution in [3.63, 3.8) is 0 Å². The molecule has 0 radical (unpaired) electrons. The minimum absolute atomic E-state index is 0.00139. The van der Waals surface area contributed by atoms with Crippen LogP contribution in [0.4, 0.5) is 0 Å². The van der Waals surface area contributed by atoms with Gasteiger partial charge in [-0.2, -0.15) is 0 Å². The molecule has 0 N–H and O–H groups in total. The molecule has 2 aromatic rings. The number of carbonyl (C=O) groups is 1. The van der Waals surface area contributed by atoms with Crippen LogP contribution in [0.5, 0.6) is 5.75 Å². The second-order valence-electron chi connectivity index (χ2n) is 4.69. The molecular weight excluding hydrogens is 236 g/mol. The predicted octanol–water partition coefficient (Wildman–Crippen LogP) is 3.95. The van der Waals surface area contributed by atoms with Crippen LogP contribution in [0.25, 0.3) is 0 Å². The van der Waals surface area contributed by atoms with E-state index in [-0.39, 0.29) is 5.78 Å². The lowest BCUT2D eigenvalue weighted by atomic mass is 10.1. The van der Waals surface area contributed by atoms with E-state index in [0.29, 0.717) is 5.56 Å². The first-order valence-electron chi connectivity index (χ1n) is 6.41. The van der Waals surface area contributed by atoms with Gasteiger partial charge in [-0.15, -0.1) is 0 Å². The fraction of sp³-hybridized carbons (Fsp3) is 0.235. The maximum Gasteiger partial charge on any atom is 0.202 e. The molecule has 1 atom stereocenters. The maximum absolute atomic E-state index is 12.2. The Kier molecular flexibility index (Phi) is 4.00. The van der Waals surface area contributed by atoms with Crippen molar-refractivity contribution in [3.05, 3.63) is 65.2 Å². The van der Waals surface area contributed by atoms with E-state index in [1.165, 1.54) is 0 Å². The van der Waals surface area contributed by atoms with E-state index >= 15 is 0 Å². The Bertz CT molecular complexity index is 573. The molecule has 2 aromatic carbocycles. The topological polar surface area (TPSA) is 26.3 Å². The highest BCUT2D eigenvalue weighted by Gasteiger charge is 2.17. The zero-order chi connectivity index (χ0) is 13.8. The predicted molar refractivity (Wildman–Crippen MR) is 76.8 cm³/mol. The number of hydrogen-bond acceptors (Lipinski definition) is 2. The Balaban J connectivity index is 2.15. The van der Waals surface area contributed by atoms with E-state index in [1.807, 2.05) is 62.4 Å². The van der Waals surface area contributed by atoms with Crippen LogP contribution in [0.3, 0.4) is 0 Å². The van der Waals surface area contributed by atoms with Gasteiger partial charge in [0.1, 0.15) is 5.75 Å². The van der Waals surface area contributed by atoms with Gasteiger partial charge in [-0.25, -0.2) is 0 Å². The number of hydrogen-bond donors (Lipinski definition) is 0. The Labute approximate surface area is 114 Å². The first-order chi connectivity index (χ1) is 9.09. The van der Waals surface area contributed by atoms with Gasteiger partial charge in [-0.3, -0.25) is 4.79 Å². The molecule has 0 amide bonds. The van der Waals surface area contributed by atoms with Gasteiger partial charge < -0.3 is 4.74 Å². The molecule has 2 nitrogen and oxygen atoms in total. The summed E-state index contributed by atoms with van der Waals surface area (Å²) >= 11 is 0. The summed E-state index contributed by atoms with van der Waals surface area (Å²) in [7, 11) is 0. The molecule has 0 fully saturated rings. The molecule has 0 saturated carbocycles. The maximum atomic E-state index is 12.2. The van der Waals surface area contributed by atoms with Crippen LogP contribution in [-0.2, 0) is 0 Å². The molecule has 98 valence electrons. The lowest BCUT2D eigenvalue weighted by Crippen LogP contribution is -2.24. The highest BCUT2D eigenvalue weighted by atomic mass is 16.5. The van der Waals surface area contributed by atoms with Crippen LogP contribution in [0.2, 0.25) is 0 Å². The Morgan fingerprint density at radius 2 is 1.68 bits per heavy atom. The zero-order valence-corrected chi connectivity index (χ0v) is 11.5. The van der Waals surface area contributed by atoms with Gasteiger partial charge in [0.05, 0.1) is 0 Å². The van der Waals surface area contributed by atoms with Crippen molar-refractivity contribution in [2.45, 2.75) is 26.9 Å². The van der Waals surface area contributed by atoms with Crippen LogP contribution in [-0.4, -0.2) is 11.9 Å². The van der Waals surface area contributed by atoms with Gasteiger partial charge in [0.25, 0.3) is 0 Å². The van der Waals surface area contributed by atoms with Crippen molar-refractivity contribution in [2.75, 3.05) is 0 Å². The highest BCUT2D eigenvalue weighted by Crippen LogP contribution is 2.22. The van der Waals surface area contributed by atoms with Crippen LogP contribution in [0.15, 0.2) is 48.5 Å². The number of ketones is 1. The Morgan fingerprint density at radius 1 is 1.00 bits per heavy atom. The van der Waals surface area contributed by atoms with E-state index in [2.05, 4.69) is 0 Å². The van der Waals surface area contributed by atoms with Crippen molar-refractivity contribution in [2.24, 2.45) is 0 Å². The summed E-state index contributed by atoms with van der Waals surface area (Å²) in [6.07, 6.45) is -0.483. The van der Waals surface area contributed by atoms with Crippen molar-refractivity contribution in [1.29, 1.82) is 0 Å². The quantitative estimate of drug-likeness (QED) is 0.772. The number of Topliss-reactive ketones (excluding diaryl/α,β-unsaturated/α-hetero) is 1. The largest absolute Gasteiger partial charge is 0.482 e. The number of benzene rings is 2. The van der Waals surface area contributed by atoms with Gasteiger partial charge in [0.15, 0.2) is 6.10 Å². The minimum Gasteiger partial charge on any atom is -0.482 e. The molecule has 0 aromatic heterocycles. The minimum atomic E-state index is -0.483. The van der Waals surface area contributed by atoms with Gasteiger partial charge in [-0.05, 0) is 38.0 Å². The molecule has 0 spiro atoms. The summed E-state index contributed by atoms with van der Waals surface area (Å²) in [5.41, 5.74) is 2.92. The monoisotopic (exact) mass is 254 g/mol. The van der Waals surface area contributed by atoms with Crippen molar-refractivity contribution >= 4 is 5.78 Å². The molecule has 0 heterocycles. The Hall–Kier alpha value is -2.09. The number of carbonyl (C=O) groups excluding carboxylic acids is 1. The third-order valence-corrected chi connectivity index (χ3v) is 3.29. The highest BCUT2D eigenvalue weighted by molar-refractivity contribution is 5.99. The van der Waals surface area contributed by atoms with Gasteiger partial charge in [0.2, 0.25) is 5.78 Å². The molecule has 0 aliphatic carbocycles. The van der Waals surface area contributed by atoms with E-state index in [4.69, 9.17) is 4.74 Å². The number of rotatable bonds is 4. The fourth-order valence-corrected chi connectivity index (χ4v) is 1.93. The average Bonchev–Trinajstić information content (AvgIpc) is 2.44. The number of aryl methyl sites for hydroxylation is 1. The molecule has 2 heteroatoms. The van der Waals surface area contributed by atoms with Crippen LogP contribution >= 0.6 is 0 Å². The summed E-state index contributed by atoms with van der Waals surface area (Å²) in [6, 6.07) is 15.1. The second-order valence-corrected chi connectivity index (χ2v) is 4.69. The standard InChI is InChI=1S/C17H18O2/c1-12-8-7-11-16(13(12)2)19-14(3)17(18)15-9-5-4-6-10-15/h4-11,14H,1-3H3. The molecule has 2 rings (SSSR count). The van der Waals surface area contributed by atoms with Crippen LogP contribution in [0.1, 0.15) is 28.4 Å². The lowest BCUT2D eigenvalue weighted by molar-refractivity contribution is 0.0817. The lowest BCUT2D eigenvalue weighted by Gasteiger charge is -2.16. The SMILES string of the molecule is Cc1cccc(OC(C)C(=O)c2ccccc2)c1C. The molecular formula is C17H18O2. The van der Waals surface area contributed by atoms with E-state index in [1.54, 1.807) is 6.92 Å². The van der Waals surface area contributed by atoms with Crippen molar-refractivity contribution < 1.29 is 9.53 Å². The first kappa shape index (κ1) is 13.3. The van der Waals surface area contributed by atoms with Gasteiger partial charge in [0, 0.05) is 5.56 Å². The van der Waals surface area contributed by atoms with Crippen molar-refractivity contribution in [3.8, 4) is 5.75 Å². The third-order valence-electron chi connectivity index (χ3n) is 3.29. The second kappa shape index (κ2) is 5.70. The molecule has 0 saturated heterocycles. The number of ether oxygens (including phenoxy) is 1. The molecule has 19 heavy (non-hydrogen) atoms. The fourth-order valence-electron chi connectivity index (χ4n) is 1.93. The summed E-state index contributed by atoms with van der Waals surface area (Å²) < 4.78 is 5.79. The molecule has 0 bridgehead atoms. The summed E-state index contributed by atoms with van der Waals surface area (Å²) in [4.78, 5) is 12.2. The summed E-state index contributed by atoms with van der Waals surface area (Å²) in [5.74, 6) is 0.776. The van der Waals surface area contributed by atoms with E-state index in [0.717, 1.165) is 16.9 Å². The zero-order valence-electron chi connectivity index (χ0n) is 11.5.